The van der Waals surface area contributed by atoms with Gasteiger partial charge in [0.1, 0.15) is 11.6 Å². The minimum atomic E-state index is -3.67. The highest BCUT2D eigenvalue weighted by Gasteiger charge is 2.24. The zero-order valence-electron chi connectivity index (χ0n) is 18.8. The Balaban J connectivity index is 0.000000696. The lowest BCUT2D eigenvalue weighted by atomic mass is 9.91. The van der Waals surface area contributed by atoms with Gasteiger partial charge in [-0.05, 0) is 29.8 Å². The number of nitrogens with zero attached hydrogens (tertiary/aromatic N) is 3. The molecule has 0 saturated heterocycles. The summed E-state index contributed by atoms with van der Waals surface area (Å²) in [6, 6.07) is 12.4. The number of carbonyl (C=O) groups excluding carboxylic acids is 1. The first-order chi connectivity index (χ1) is 15.3. The number of amides is 2. The smallest absolute Gasteiger partial charge is 0.324 e. The van der Waals surface area contributed by atoms with E-state index in [2.05, 4.69) is 20.7 Å². The van der Waals surface area contributed by atoms with Crippen LogP contribution in [0.4, 0.5) is 22.1 Å². The SMILES string of the molecule is CS(=O)(=O)O.Cn1nc(C(C)(C)CO)cc1NC(=O)Nc1ccc(-c2ccc(N)nc2)cc1. The van der Waals surface area contributed by atoms with Gasteiger partial charge in [-0.1, -0.05) is 26.0 Å². The van der Waals surface area contributed by atoms with E-state index in [-0.39, 0.29) is 12.6 Å². The third kappa shape index (κ3) is 8.18. The Morgan fingerprint density at radius 1 is 1.12 bits per heavy atom. The number of nitrogens with one attached hydrogen (secondary N) is 2. The molecule has 3 aromatic rings. The molecular formula is C21H28N6O5S. The van der Waals surface area contributed by atoms with Gasteiger partial charge in [0.15, 0.2) is 0 Å². The van der Waals surface area contributed by atoms with Crippen LogP contribution in [0.5, 0.6) is 0 Å². The number of aryl methyl sites for hydroxylation is 1. The minimum absolute atomic E-state index is 0.0362. The Kier molecular flexibility index (Phi) is 8.14. The largest absolute Gasteiger partial charge is 0.395 e. The number of aliphatic hydroxyl groups excluding tert-OH is 1. The molecule has 0 saturated carbocycles. The summed E-state index contributed by atoms with van der Waals surface area (Å²) in [5, 5.41) is 19.4. The highest BCUT2D eigenvalue weighted by Crippen LogP contribution is 2.24. The molecular weight excluding hydrogens is 448 g/mol. The van der Waals surface area contributed by atoms with E-state index in [4.69, 9.17) is 10.3 Å². The molecule has 6 N–H and O–H groups in total. The van der Waals surface area contributed by atoms with Crippen LogP contribution in [-0.4, -0.2) is 51.7 Å². The summed E-state index contributed by atoms with van der Waals surface area (Å²) in [7, 11) is -1.93. The van der Waals surface area contributed by atoms with E-state index >= 15 is 0 Å². The molecule has 1 aromatic carbocycles. The quantitative estimate of drug-likeness (QED) is 0.349. The fourth-order valence-electron chi connectivity index (χ4n) is 2.60. The predicted molar refractivity (Wildman–Crippen MR) is 128 cm³/mol. The molecule has 0 atom stereocenters. The van der Waals surface area contributed by atoms with Gasteiger partial charge in [-0.3, -0.25) is 14.6 Å². The van der Waals surface area contributed by atoms with Crippen molar-refractivity contribution in [2.75, 3.05) is 29.2 Å². The Bertz CT molecular complexity index is 1180. The molecule has 2 heterocycles. The molecule has 3 rings (SSSR count). The van der Waals surface area contributed by atoms with Gasteiger partial charge in [0, 0.05) is 36.0 Å². The second-order valence-electron chi connectivity index (χ2n) is 7.94. The van der Waals surface area contributed by atoms with Gasteiger partial charge in [0.25, 0.3) is 10.1 Å². The number of aromatic nitrogens is 3. The maximum atomic E-state index is 12.3. The third-order valence-electron chi connectivity index (χ3n) is 4.47. The molecule has 0 aliphatic carbocycles. The molecule has 11 nitrogen and oxygen atoms in total. The molecule has 2 amide bonds. The first kappa shape index (κ1) is 25.8. The van der Waals surface area contributed by atoms with Crippen LogP contribution in [0, 0.1) is 0 Å². The summed E-state index contributed by atoms with van der Waals surface area (Å²) in [6.45, 7) is 3.74. The lowest BCUT2D eigenvalue weighted by molar-refractivity contribution is 0.214. The van der Waals surface area contributed by atoms with Crippen LogP contribution in [0.15, 0.2) is 48.7 Å². The molecule has 12 heteroatoms. The lowest BCUT2D eigenvalue weighted by Crippen LogP contribution is -2.22. The molecule has 33 heavy (non-hydrogen) atoms. The van der Waals surface area contributed by atoms with E-state index in [9.17, 15) is 18.3 Å². The van der Waals surface area contributed by atoms with E-state index in [1.165, 1.54) is 0 Å². The van der Waals surface area contributed by atoms with Crippen molar-refractivity contribution >= 4 is 33.5 Å². The summed E-state index contributed by atoms with van der Waals surface area (Å²) in [5.41, 5.74) is 8.40. The van der Waals surface area contributed by atoms with Crippen LogP contribution in [0.3, 0.4) is 0 Å². The van der Waals surface area contributed by atoms with E-state index < -0.39 is 15.5 Å². The van der Waals surface area contributed by atoms with Crippen molar-refractivity contribution in [2.24, 2.45) is 7.05 Å². The topological polar surface area (TPSA) is 172 Å². The lowest BCUT2D eigenvalue weighted by Gasteiger charge is -2.17. The summed E-state index contributed by atoms with van der Waals surface area (Å²) >= 11 is 0. The van der Waals surface area contributed by atoms with E-state index in [0.29, 0.717) is 29.3 Å². The number of hydrogen-bond acceptors (Lipinski definition) is 7. The maximum absolute atomic E-state index is 12.3. The molecule has 0 aliphatic heterocycles. The van der Waals surface area contributed by atoms with Crippen molar-refractivity contribution in [3.8, 4) is 11.1 Å². The van der Waals surface area contributed by atoms with Crippen molar-refractivity contribution in [3.63, 3.8) is 0 Å². The average molecular weight is 477 g/mol. The molecule has 0 spiro atoms. The Morgan fingerprint density at radius 3 is 2.21 bits per heavy atom. The second kappa shape index (κ2) is 10.4. The third-order valence-corrected chi connectivity index (χ3v) is 4.47. The number of benzene rings is 1. The van der Waals surface area contributed by atoms with Gasteiger partial charge >= 0.3 is 6.03 Å². The molecule has 2 aromatic heterocycles. The first-order valence-electron chi connectivity index (χ1n) is 9.76. The zero-order chi connectivity index (χ0) is 24.8. The van der Waals surface area contributed by atoms with Crippen LogP contribution >= 0.6 is 0 Å². The van der Waals surface area contributed by atoms with Crippen LogP contribution < -0.4 is 16.4 Å². The number of nitrogen functional groups attached to an aromatic ring is 1. The molecule has 0 aliphatic rings. The summed E-state index contributed by atoms with van der Waals surface area (Å²) in [5.74, 6) is 1.01. The van der Waals surface area contributed by atoms with Gasteiger partial charge in [-0.25, -0.2) is 9.78 Å². The Morgan fingerprint density at radius 2 is 1.70 bits per heavy atom. The number of aliphatic hydroxyl groups is 1. The standard InChI is InChI=1S/C20H24N6O2.CH4O3S/c1-20(2,12-27)16-10-18(26(3)25-16)24-19(28)23-15-7-4-13(5-8-15)14-6-9-17(21)22-11-14;1-5(2,3)4/h4-11,27H,12H2,1-3H3,(H2,21,22)(H2,23,24,28);1H3,(H,2,3,4). The van der Waals surface area contributed by atoms with Crippen LogP contribution in [0.25, 0.3) is 11.1 Å². The highest BCUT2D eigenvalue weighted by molar-refractivity contribution is 7.85. The predicted octanol–water partition coefficient (Wildman–Crippen LogP) is 2.48. The number of urea groups is 1. The Labute approximate surface area is 192 Å². The molecule has 0 bridgehead atoms. The normalized spacial score (nSPS) is 11.3. The number of hydrogen-bond donors (Lipinski definition) is 5. The first-order valence-corrected chi connectivity index (χ1v) is 11.6. The van der Waals surface area contributed by atoms with Crippen molar-refractivity contribution < 1.29 is 22.9 Å². The van der Waals surface area contributed by atoms with E-state index in [1.54, 1.807) is 30.1 Å². The van der Waals surface area contributed by atoms with Gasteiger partial charge in [-0.15, -0.1) is 0 Å². The summed E-state index contributed by atoms with van der Waals surface area (Å²) < 4.78 is 27.4. The number of rotatable bonds is 5. The molecule has 0 unspecified atom stereocenters. The minimum Gasteiger partial charge on any atom is -0.395 e. The zero-order valence-corrected chi connectivity index (χ0v) is 19.6. The van der Waals surface area contributed by atoms with Crippen molar-refractivity contribution in [2.45, 2.75) is 19.3 Å². The number of carbonyl (C=O) groups is 1. The fourth-order valence-corrected chi connectivity index (χ4v) is 2.60. The number of pyridine rings is 1. The van der Waals surface area contributed by atoms with E-state index in [0.717, 1.165) is 11.1 Å². The monoisotopic (exact) mass is 476 g/mol. The van der Waals surface area contributed by atoms with Crippen molar-refractivity contribution in [3.05, 3.63) is 54.4 Å². The molecule has 178 valence electrons. The number of nitrogens with two attached hydrogens (primary N) is 1. The van der Waals surface area contributed by atoms with Gasteiger partial charge < -0.3 is 16.2 Å². The fraction of sp³-hybridized carbons (Fsp3) is 0.286. The van der Waals surface area contributed by atoms with Crippen molar-refractivity contribution in [1.29, 1.82) is 0 Å². The molecule has 0 fully saturated rings. The Hall–Kier alpha value is -3.48. The van der Waals surface area contributed by atoms with Crippen LogP contribution in [0.1, 0.15) is 19.5 Å². The van der Waals surface area contributed by atoms with Crippen LogP contribution in [0.2, 0.25) is 0 Å². The van der Waals surface area contributed by atoms with Gasteiger partial charge in [-0.2, -0.15) is 13.5 Å². The summed E-state index contributed by atoms with van der Waals surface area (Å²) in [6.07, 6.45) is 2.42. The van der Waals surface area contributed by atoms with Gasteiger partial charge in [0.05, 0.1) is 18.6 Å². The van der Waals surface area contributed by atoms with Crippen molar-refractivity contribution in [1.82, 2.24) is 14.8 Å². The summed E-state index contributed by atoms with van der Waals surface area (Å²) in [4.78, 5) is 16.4. The second-order valence-corrected chi connectivity index (χ2v) is 9.41. The van der Waals surface area contributed by atoms with Crippen LogP contribution in [-0.2, 0) is 22.6 Å². The van der Waals surface area contributed by atoms with E-state index in [1.807, 2.05) is 44.2 Å². The maximum Gasteiger partial charge on any atom is 0.324 e. The average Bonchev–Trinajstić information content (AvgIpc) is 3.09. The molecule has 0 radical (unpaired) electrons. The number of anilines is 3. The van der Waals surface area contributed by atoms with Gasteiger partial charge in [0.2, 0.25) is 0 Å². The highest BCUT2D eigenvalue weighted by atomic mass is 32.2.